The smallest absolute Gasteiger partial charge is 0.154 e. The van der Waals surface area contributed by atoms with Crippen LogP contribution in [0.5, 0.6) is 0 Å². The third-order valence-electron chi connectivity index (χ3n) is 1.45. The molecule has 0 aliphatic carbocycles. The van der Waals surface area contributed by atoms with Gasteiger partial charge in [-0.2, -0.15) is 0 Å². The minimum absolute atomic E-state index is 0. The fourth-order valence-electron chi connectivity index (χ4n) is 0.984. The molecular weight excluding hydrogens is 128 g/mol. The van der Waals surface area contributed by atoms with Crippen LogP contribution in [0.25, 0.3) is 0 Å². The standard InChI is InChI=1S/C6H12O2.C2H6.H2/c1-5-3-2-4-6(7)8-5;1-2;/h5-7H,2-4H2,1H3;1-2H3;1H/t5-,6?;;/m1../s1. The Kier molecular flexibility index (Phi) is 5.64. The number of ether oxygens (including phenoxy) is 1. The van der Waals surface area contributed by atoms with E-state index in [1.807, 2.05) is 20.8 Å². The Morgan fingerprint density at radius 1 is 1.40 bits per heavy atom. The summed E-state index contributed by atoms with van der Waals surface area (Å²) < 4.78 is 5.04. The minimum atomic E-state index is -0.487. The maximum Gasteiger partial charge on any atom is 0.154 e. The first-order chi connectivity index (χ1) is 4.79. The molecule has 2 atom stereocenters. The van der Waals surface area contributed by atoms with Gasteiger partial charge < -0.3 is 9.84 Å². The summed E-state index contributed by atoms with van der Waals surface area (Å²) in [5.41, 5.74) is 0. The zero-order valence-corrected chi connectivity index (χ0v) is 7.13. The van der Waals surface area contributed by atoms with E-state index in [4.69, 9.17) is 9.84 Å². The van der Waals surface area contributed by atoms with Crippen LogP contribution in [0.15, 0.2) is 0 Å². The number of aliphatic hydroxyl groups is 1. The average Bonchev–Trinajstić information content (AvgIpc) is 1.91. The molecule has 2 heteroatoms. The Balaban J connectivity index is 0. The molecule has 0 amide bonds. The van der Waals surface area contributed by atoms with Crippen molar-refractivity contribution < 1.29 is 11.3 Å². The van der Waals surface area contributed by atoms with Crippen LogP contribution in [0.4, 0.5) is 0 Å². The predicted molar refractivity (Wildman–Crippen MR) is 43.9 cm³/mol. The van der Waals surface area contributed by atoms with Gasteiger partial charge in [0, 0.05) is 1.43 Å². The summed E-state index contributed by atoms with van der Waals surface area (Å²) in [5, 5.41) is 8.86. The largest absolute Gasteiger partial charge is 0.368 e. The Hall–Kier alpha value is -0.0800. The summed E-state index contributed by atoms with van der Waals surface area (Å²) in [6, 6.07) is 0. The van der Waals surface area contributed by atoms with Crippen LogP contribution in [-0.2, 0) is 4.74 Å². The molecule has 0 aromatic rings. The quantitative estimate of drug-likeness (QED) is 0.570. The first-order valence-corrected chi connectivity index (χ1v) is 4.12. The number of aliphatic hydroxyl groups excluding tert-OH is 1. The molecule has 0 bridgehead atoms. The molecule has 1 heterocycles. The van der Waals surface area contributed by atoms with E-state index in [0.29, 0.717) is 0 Å². The fourth-order valence-corrected chi connectivity index (χ4v) is 0.984. The molecule has 1 N–H and O–H groups in total. The molecule has 0 radical (unpaired) electrons. The van der Waals surface area contributed by atoms with E-state index >= 15 is 0 Å². The van der Waals surface area contributed by atoms with Gasteiger partial charge in [-0.3, -0.25) is 0 Å². The maximum absolute atomic E-state index is 8.86. The van der Waals surface area contributed by atoms with Gasteiger partial charge in [0.2, 0.25) is 0 Å². The highest BCUT2D eigenvalue weighted by molar-refractivity contribution is 4.59. The van der Waals surface area contributed by atoms with Crippen LogP contribution in [0, 0.1) is 0 Å². The van der Waals surface area contributed by atoms with Gasteiger partial charge in [-0.05, 0) is 26.2 Å². The second-order valence-corrected chi connectivity index (χ2v) is 2.33. The van der Waals surface area contributed by atoms with E-state index in [1.165, 1.54) is 0 Å². The molecule has 10 heavy (non-hydrogen) atoms. The molecule has 1 aliphatic rings. The van der Waals surface area contributed by atoms with Crippen molar-refractivity contribution >= 4 is 0 Å². The Labute approximate surface area is 64.7 Å². The normalized spacial score (nSPS) is 32.4. The molecule has 0 aromatic carbocycles. The van der Waals surface area contributed by atoms with E-state index in [9.17, 15) is 0 Å². The van der Waals surface area contributed by atoms with Gasteiger partial charge in [0.25, 0.3) is 0 Å². The second-order valence-electron chi connectivity index (χ2n) is 2.33. The van der Waals surface area contributed by atoms with Crippen LogP contribution < -0.4 is 0 Å². The Morgan fingerprint density at radius 3 is 2.30 bits per heavy atom. The zero-order chi connectivity index (χ0) is 7.98. The number of rotatable bonds is 0. The SMILES string of the molecule is CC.C[C@@H]1CCCC(O)O1.[HH]. The van der Waals surface area contributed by atoms with Gasteiger partial charge in [-0.15, -0.1) is 0 Å². The highest BCUT2D eigenvalue weighted by Crippen LogP contribution is 2.15. The lowest BCUT2D eigenvalue weighted by Crippen LogP contribution is -2.24. The van der Waals surface area contributed by atoms with Gasteiger partial charge in [-0.25, -0.2) is 0 Å². The van der Waals surface area contributed by atoms with Crippen molar-refractivity contribution in [2.45, 2.75) is 52.4 Å². The second kappa shape index (κ2) is 5.69. The van der Waals surface area contributed by atoms with Gasteiger partial charge in [0.05, 0.1) is 6.10 Å². The highest BCUT2D eigenvalue weighted by Gasteiger charge is 2.15. The molecule has 1 saturated heterocycles. The Morgan fingerprint density at radius 2 is 2.00 bits per heavy atom. The molecule has 1 unspecified atom stereocenters. The van der Waals surface area contributed by atoms with E-state index in [1.54, 1.807) is 0 Å². The lowest BCUT2D eigenvalue weighted by Gasteiger charge is -2.23. The van der Waals surface area contributed by atoms with Gasteiger partial charge in [0.1, 0.15) is 0 Å². The molecule has 64 valence electrons. The molecule has 1 rings (SSSR count). The average molecular weight is 148 g/mol. The van der Waals surface area contributed by atoms with Crippen molar-refractivity contribution in [1.82, 2.24) is 0 Å². The first kappa shape index (κ1) is 9.92. The summed E-state index contributed by atoms with van der Waals surface area (Å²) in [7, 11) is 0. The van der Waals surface area contributed by atoms with Crippen LogP contribution in [0.1, 0.15) is 41.5 Å². The van der Waals surface area contributed by atoms with E-state index in [2.05, 4.69) is 0 Å². The van der Waals surface area contributed by atoms with Gasteiger partial charge in [0.15, 0.2) is 6.29 Å². The topological polar surface area (TPSA) is 29.5 Å². The highest BCUT2D eigenvalue weighted by atomic mass is 16.6. The predicted octanol–water partition coefficient (Wildman–Crippen LogP) is 2.17. The summed E-state index contributed by atoms with van der Waals surface area (Å²) in [6.45, 7) is 5.99. The Bertz CT molecular complexity index is 70.5. The fraction of sp³-hybridized carbons (Fsp3) is 1.00. The third kappa shape index (κ3) is 3.85. The monoisotopic (exact) mass is 148 g/mol. The van der Waals surface area contributed by atoms with Crippen molar-refractivity contribution in [2.75, 3.05) is 0 Å². The van der Waals surface area contributed by atoms with Crippen molar-refractivity contribution in [2.24, 2.45) is 0 Å². The van der Waals surface area contributed by atoms with E-state index < -0.39 is 6.29 Å². The van der Waals surface area contributed by atoms with Crippen molar-refractivity contribution in [1.29, 1.82) is 0 Å². The lowest BCUT2D eigenvalue weighted by molar-refractivity contribution is -0.156. The molecule has 0 spiro atoms. The summed E-state index contributed by atoms with van der Waals surface area (Å²) in [4.78, 5) is 0. The number of hydrogen-bond donors (Lipinski definition) is 1. The lowest BCUT2D eigenvalue weighted by atomic mass is 10.1. The molecule has 0 saturated carbocycles. The first-order valence-electron chi connectivity index (χ1n) is 4.12. The zero-order valence-electron chi connectivity index (χ0n) is 7.13. The van der Waals surface area contributed by atoms with Crippen LogP contribution in [-0.4, -0.2) is 17.5 Å². The summed E-state index contributed by atoms with van der Waals surface area (Å²) in [6.07, 6.45) is 2.78. The van der Waals surface area contributed by atoms with Crippen LogP contribution >= 0.6 is 0 Å². The van der Waals surface area contributed by atoms with Gasteiger partial charge in [-0.1, -0.05) is 13.8 Å². The molecule has 1 fully saturated rings. The number of hydrogen-bond acceptors (Lipinski definition) is 2. The van der Waals surface area contributed by atoms with Crippen molar-refractivity contribution in [3.8, 4) is 0 Å². The van der Waals surface area contributed by atoms with Gasteiger partial charge >= 0.3 is 0 Å². The van der Waals surface area contributed by atoms with Crippen molar-refractivity contribution in [3.05, 3.63) is 0 Å². The van der Waals surface area contributed by atoms with Crippen LogP contribution in [0.3, 0.4) is 0 Å². The summed E-state index contributed by atoms with van der Waals surface area (Å²) in [5.74, 6) is 0. The summed E-state index contributed by atoms with van der Waals surface area (Å²) >= 11 is 0. The molecular formula is C8H20O2. The molecule has 2 nitrogen and oxygen atoms in total. The minimum Gasteiger partial charge on any atom is -0.368 e. The van der Waals surface area contributed by atoms with E-state index in [0.717, 1.165) is 19.3 Å². The maximum atomic E-state index is 8.86. The molecule has 1 aliphatic heterocycles. The van der Waals surface area contributed by atoms with Crippen molar-refractivity contribution in [3.63, 3.8) is 0 Å². The van der Waals surface area contributed by atoms with E-state index in [-0.39, 0.29) is 7.53 Å². The van der Waals surface area contributed by atoms with Crippen LogP contribution in [0.2, 0.25) is 0 Å². The third-order valence-corrected chi connectivity index (χ3v) is 1.45. The molecule has 0 aromatic heterocycles.